The third-order valence-corrected chi connectivity index (χ3v) is 3.77. The van der Waals surface area contributed by atoms with Crippen LogP contribution in [0.1, 0.15) is 21.5 Å². The molecule has 2 aromatic carbocycles. The Morgan fingerprint density at radius 3 is 2.11 bits per heavy atom. The van der Waals surface area contributed by atoms with Crippen molar-refractivity contribution < 1.29 is 17.6 Å². The van der Waals surface area contributed by atoms with Crippen molar-refractivity contribution in [2.24, 2.45) is 0 Å². The van der Waals surface area contributed by atoms with Crippen molar-refractivity contribution in [3.63, 3.8) is 0 Å². The van der Waals surface area contributed by atoms with Gasteiger partial charge in [0.15, 0.2) is 0 Å². The van der Waals surface area contributed by atoms with Gasteiger partial charge >= 0.3 is 0 Å². The van der Waals surface area contributed by atoms with Crippen LogP contribution in [-0.2, 0) is 0 Å². The van der Waals surface area contributed by atoms with E-state index in [1.54, 1.807) is 0 Å². The second-order valence-corrected chi connectivity index (χ2v) is 5.07. The zero-order valence-corrected chi connectivity index (χ0v) is 11.4. The molecule has 0 bridgehead atoms. The summed E-state index contributed by atoms with van der Waals surface area (Å²) in [6.45, 7) is 1.49. The molecule has 0 spiro atoms. The monoisotopic (exact) mass is 332 g/mol. The van der Waals surface area contributed by atoms with Gasteiger partial charge in [-0.25, -0.2) is 17.6 Å². The predicted octanol–water partition coefficient (Wildman–Crippen LogP) is 5.04. The van der Waals surface area contributed by atoms with Crippen LogP contribution in [0, 0.1) is 30.2 Å². The average molecular weight is 333 g/mol. The van der Waals surface area contributed by atoms with Gasteiger partial charge in [-0.3, -0.25) is 0 Å². The molecule has 100 valence electrons. The van der Waals surface area contributed by atoms with Gasteiger partial charge in [-0.05, 0) is 24.6 Å². The molecule has 19 heavy (non-hydrogen) atoms. The molecule has 0 aliphatic heterocycles. The molecule has 5 heteroatoms. The van der Waals surface area contributed by atoms with E-state index in [1.165, 1.54) is 19.1 Å². The summed E-state index contributed by atoms with van der Waals surface area (Å²) in [6.07, 6.45) is 0. The summed E-state index contributed by atoms with van der Waals surface area (Å²) in [5.41, 5.74) is 0.444. The molecule has 0 nitrogen and oxygen atoms in total. The fourth-order valence-corrected chi connectivity index (χ4v) is 2.47. The smallest absolute Gasteiger partial charge is 0.130 e. The summed E-state index contributed by atoms with van der Waals surface area (Å²) in [4.78, 5) is -0.813. The third-order valence-electron chi connectivity index (χ3n) is 2.79. The van der Waals surface area contributed by atoms with E-state index in [9.17, 15) is 17.6 Å². The first kappa shape index (κ1) is 14.1. The molecule has 0 saturated carbocycles. The van der Waals surface area contributed by atoms with E-state index < -0.39 is 28.1 Å². The van der Waals surface area contributed by atoms with Gasteiger partial charge in [0.1, 0.15) is 23.3 Å². The van der Waals surface area contributed by atoms with Crippen molar-refractivity contribution in [2.45, 2.75) is 11.8 Å². The highest BCUT2D eigenvalue weighted by Gasteiger charge is 2.20. The van der Waals surface area contributed by atoms with Crippen LogP contribution >= 0.6 is 15.9 Å². The zero-order valence-electron chi connectivity index (χ0n) is 9.85. The maximum Gasteiger partial charge on any atom is 0.130 e. The summed E-state index contributed by atoms with van der Waals surface area (Å²) in [5.74, 6) is -2.95. The van der Waals surface area contributed by atoms with E-state index in [-0.39, 0.29) is 16.7 Å². The van der Waals surface area contributed by atoms with Gasteiger partial charge in [0.25, 0.3) is 0 Å². The Kier molecular flexibility index (Phi) is 3.94. The molecule has 2 rings (SSSR count). The lowest BCUT2D eigenvalue weighted by Gasteiger charge is -2.14. The van der Waals surface area contributed by atoms with Crippen LogP contribution in [0.25, 0.3) is 0 Å². The number of alkyl halides is 1. The lowest BCUT2D eigenvalue weighted by molar-refractivity contribution is 0.561. The normalized spacial score (nSPS) is 12.5. The quantitative estimate of drug-likeness (QED) is 0.534. The molecule has 1 unspecified atom stereocenters. The van der Waals surface area contributed by atoms with Crippen LogP contribution in [0.5, 0.6) is 0 Å². The van der Waals surface area contributed by atoms with Crippen molar-refractivity contribution in [1.29, 1.82) is 0 Å². The second kappa shape index (κ2) is 5.33. The number of rotatable bonds is 2. The Balaban J connectivity index is 2.49. The molecule has 1 atom stereocenters. The topological polar surface area (TPSA) is 0 Å². The third kappa shape index (κ3) is 2.81. The lowest BCUT2D eigenvalue weighted by Crippen LogP contribution is -2.02. The molecular weight excluding hydrogens is 324 g/mol. The SMILES string of the molecule is Cc1cc(C(Br)c2ccc(F)cc2F)c(F)cc1F. The predicted molar refractivity (Wildman–Crippen MR) is 68.2 cm³/mol. The Morgan fingerprint density at radius 2 is 1.47 bits per heavy atom. The largest absolute Gasteiger partial charge is 0.207 e. The fourth-order valence-electron chi connectivity index (χ4n) is 1.75. The van der Waals surface area contributed by atoms with Crippen LogP contribution in [0.4, 0.5) is 17.6 Å². The maximum atomic E-state index is 13.7. The summed E-state index contributed by atoms with van der Waals surface area (Å²) >= 11 is 3.15. The van der Waals surface area contributed by atoms with Crippen molar-refractivity contribution in [2.75, 3.05) is 0 Å². The van der Waals surface area contributed by atoms with Gasteiger partial charge in [-0.2, -0.15) is 0 Å². The van der Waals surface area contributed by atoms with Gasteiger partial charge in [0.05, 0.1) is 4.83 Å². The van der Waals surface area contributed by atoms with Crippen LogP contribution in [0.15, 0.2) is 30.3 Å². The fraction of sp³-hybridized carbons (Fsp3) is 0.143. The molecule has 2 aromatic rings. The Bertz CT molecular complexity index is 625. The molecule has 0 heterocycles. The number of aryl methyl sites for hydroxylation is 1. The summed E-state index contributed by atoms with van der Waals surface area (Å²) < 4.78 is 53.4. The number of benzene rings is 2. The molecule has 0 radical (unpaired) electrons. The van der Waals surface area contributed by atoms with E-state index in [4.69, 9.17) is 0 Å². The highest BCUT2D eigenvalue weighted by Crippen LogP contribution is 2.35. The Labute approximate surface area is 116 Å². The van der Waals surface area contributed by atoms with Gasteiger partial charge in [-0.15, -0.1) is 0 Å². The van der Waals surface area contributed by atoms with Crippen molar-refractivity contribution in [1.82, 2.24) is 0 Å². The molecule has 0 saturated heterocycles. The summed E-state index contributed by atoms with van der Waals surface area (Å²) in [6, 6.07) is 5.08. The Hall–Kier alpha value is -1.36. The highest BCUT2D eigenvalue weighted by molar-refractivity contribution is 9.09. The molecule has 0 aliphatic rings. The van der Waals surface area contributed by atoms with Crippen molar-refractivity contribution in [3.8, 4) is 0 Å². The minimum Gasteiger partial charge on any atom is -0.207 e. The minimum absolute atomic E-state index is 0.0892. The average Bonchev–Trinajstić information content (AvgIpc) is 2.33. The van der Waals surface area contributed by atoms with Crippen molar-refractivity contribution in [3.05, 3.63) is 70.3 Å². The number of halogens is 5. The van der Waals surface area contributed by atoms with Gasteiger partial charge in [0, 0.05) is 23.3 Å². The minimum atomic E-state index is -0.813. The molecule has 0 amide bonds. The van der Waals surface area contributed by atoms with Gasteiger partial charge in [-0.1, -0.05) is 22.0 Å². The van der Waals surface area contributed by atoms with Crippen LogP contribution < -0.4 is 0 Å². The van der Waals surface area contributed by atoms with Crippen molar-refractivity contribution >= 4 is 15.9 Å². The first-order valence-corrected chi connectivity index (χ1v) is 6.36. The first-order chi connectivity index (χ1) is 8.90. The van der Waals surface area contributed by atoms with E-state index in [1.807, 2.05) is 0 Å². The van der Waals surface area contributed by atoms with E-state index in [2.05, 4.69) is 15.9 Å². The molecule has 0 aromatic heterocycles. The van der Waals surface area contributed by atoms with Crippen LogP contribution in [-0.4, -0.2) is 0 Å². The standard InChI is InChI=1S/C14H9BrF4/c1-7-4-10(13(19)6-11(7)17)14(15)9-3-2-8(16)5-12(9)18/h2-6,14H,1H3. The van der Waals surface area contributed by atoms with Crippen LogP contribution in [0.3, 0.4) is 0 Å². The van der Waals surface area contributed by atoms with E-state index >= 15 is 0 Å². The molecule has 0 N–H and O–H groups in total. The summed E-state index contributed by atoms with van der Waals surface area (Å²) in [5, 5.41) is 0. The highest BCUT2D eigenvalue weighted by atomic mass is 79.9. The molecule has 0 aliphatic carbocycles. The van der Waals surface area contributed by atoms with E-state index in [0.717, 1.165) is 18.2 Å². The Morgan fingerprint density at radius 1 is 0.842 bits per heavy atom. The maximum absolute atomic E-state index is 13.7. The van der Waals surface area contributed by atoms with Gasteiger partial charge < -0.3 is 0 Å². The first-order valence-electron chi connectivity index (χ1n) is 5.44. The number of hydrogen-bond donors (Lipinski definition) is 0. The summed E-state index contributed by atoms with van der Waals surface area (Å²) in [7, 11) is 0. The lowest BCUT2D eigenvalue weighted by atomic mass is 10.0. The number of hydrogen-bond acceptors (Lipinski definition) is 0. The molecule has 0 fully saturated rings. The van der Waals surface area contributed by atoms with E-state index in [0.29, 0.717) is 0 Å². The van der Waals surface area contributed by atoms with Crippen LogP contribution in [0.2, 0.25) is 0 Å². The van der Waals surface area contributed by atoms with Gasteiger partial charge in [0.2, 0.25) is 0 Å². The zero-order chi connectivity index (χ0) is 14.2. The second-order valence-electron chi connectivity index (χ2n) is 4.15. The molecular formula is C14H9BrF4.